The number of aliphatic hydroxyl groups is 1. The summed E-state index contributed by atoms with van der Waals surface area (Å²) in [7, 11) is 1.59. The van der Waals surface area contributed by atoms with Gasteiger partial charge >= 0.3 is 6.18 Å². The summed E-state index contributed by atoms with van der Waals surface area (Å²) in [5.74, 6) is 1.53. The van der Waals surface area contributed by atoms with E-state index in [0.29, 0.717) is 35.9 Å². The fourth-order valence-electron chi connectivity index (χ4n) is 4.55. The highest BCUT2D eigenvalue weighted by Gasteiger charge is 2.55. The molecular formula is C28H41ClF3N3O2. The zero-order chi connectivity index (χ0) is 28.0. The summed E-state index contributed by atoms with van der Waals surface area (Å²) in [5, 5.41) is 13.6. The Morgan fingerprint density at radius 2 is 1.92 bits per heavy atom. The predicted octanol–water partition coefficient (Wildman–Crippen LogP) is 7.48. The molecule has 0 radical (unpaired) electrons. The summed E-state index contributed by atoms with van der Waals surface area (Å²) >= 11 is 6.28. The molecule has 9 heteroatoms. The number of rotatable bonds is 8. The number of hydrogen-bond acceptors (Lipinski definition) is 3. The molecule has 0 aromatic carbocycles. The molecule has 3 N–H and O–H groups in total. The van der Waals surface area contributed by atoms with E-state index in [1.54, 1.807) is 40.0 Å². The first-order valence-electron chi connectivity index (χ1n) is 12.6. The fourth-order valence-corrected chi connectivity index (χ4v) is 4.78. The van der Waals surface area contributed by atoms with E-state index in [-0.39, 0.29) is 5.38 Å². The van der Waals surface area contributed by atoms with Crippen LogP contribution in [0.3, 0.4) is 0 Å². The molecule has 1 saturated heterocycles. The average molecular weight is 544 g/mol. The Kier molecular flexibility index (Phi) is 10.5. The van der Waals surface area contributed by atoms with Crippen molar-refractivity contribution < 1.29 is 23.0 Å². The summed E-state index contributed by atoms with van der Waals surface area (Å²) in [6.07, 6.45) is 2.16. The highest BCUT2D eigenvalue weighted by atomic mass is 35.5. The number of anilines is 1. The number of halogens is 4. The number of fused-ring (bicyclic) bond motifs is 1. The van der Waals surface area contributed by atoms with Crippen molar-refractivity contribution in [3.05, 3.63) is 52.6 Å². The minimum Gasteiger partial charge on any atom is -0.493 e. The monoisotopic (exact) mass is 543 g/mol. The van der Waals surface area contributed by atoms with Gasteiger partial charge in [-0.15, -0.1) is 11.6 Å². The van der Waals surface area contributed by atoms with Gasteiger partial charge in [-0.1, -0.05) is 52.8 Å². The molecule has 5 nitrogen and oxygen atoms in total. The van der Waals surface area contributed by atoms with E-state index in [9.17, 15) is 18.3 Å². The van der Waals surface area contributed by atoms with E-state index in [4.69, 9.17) is 16.3 Å². The summed E-state index contributed by atoms with van der Waals surface area (Å²) in [6.45, 7) is 12.2. The number of nitrogens with zero attached hydrogens (tertiary/aromatic N) is 1. The lowest BCUT2D eigenvalue weighted by atomic mass is 9.74. The van der Waals surface area contributed by atoms with Crippen LogP contribution in [0.2, 0.25) is 0 Å². The van der Waals surface area contributed by atoms with Crippen LogP contribution in [0.1, 0.15) is 65.3 Å². The number of H-pyrrole nitrogens is 1. The molecule has 3 rings (SSSR count). The van der Waals surface area contributed by atoms with Crippen molar-refractivity contribution >= 4 is 23.6 Å². The largest absolute Gasteiger partial charge is 0.493 e. The molecule has 1 aromatic rings. The second kappa shape index (κ2) is 12.6. The van der Waals surface area contributed by atoms with Crippen molar-refractivity contribution in [3.63, 3.8) is 0 Å². The SMILES string of the molecule is CC(C)C.CN=CNc1cc(CC(O)(CC(C)(C)CC2=C3OCCC3=CC(Cl)C=C2)C(F)(F)F)[nH]c1C. The lowest BCUT2D eigenvalue weighted by Gasteiger charge is -2.38. The van der Waals surface area contributed by atoms with Crippen molar-refractivity contribution in [2.24, 2.45) is 16.3 Å². The van der Waals surface area contributed by atoms with Gasteiger partial charge in [-0.3, -0.25) is 4.99 Å². The van der Waals surface area contributed by atoms with Gasteiger partial charge in [0, 0.05) is 31.3 Å². The van der Waals surface area contributed by atoms with Gasteiger partial charge in [-0.05, 0) is 48.3 Å². The number of allylic oxidation sites excluding steroid dienone is 5. The van der Waals surface area contributed by atoms with Crippen molar-refractivity contribution in [3.8, 4) is 0 Å². The third kappa shape index (κ3) is 8.95. The lowest BCUT2D eigenvalue weighted by molar-refractivity contribution is -0.269. The van der Waals surface area contributed by atoms with Crippen LogP contribution in [0.15, 0.2) is 46.2 Å². The maximum absolute atomic E-state index is 14.2. The maximum Gasteiger partial charge on any atom is 0.417 e. The zero-order valence-corrected chi connectivity index (χ0v) is 23.6. The van der Waals surface area contributed by atoms with E-state index in [0.717, 1.165) is 23.5 Å². The van der Waals surface area contributed by atoms with Crippen LogP contribution in [0.25, 0.3) is 0 Å². The summed E-state index contributed by atoms with van der Waals surface area (Å²) in [6, 6.07) is 1.57. The van der Waals surface area contributed by atoms with E-state index < -0.39 is 30.0 Å². The highest BCUT2D eigenvalue weighted by molar-refractivity contribution is 6.23. The Bertz CT molecular complexity index is 1040. The van der Waals surface area contributed by atoms with Crippen molar-refractivity contribution in [2.75, 3.05) is 19.0 Å². The highest BCUT2D eigenvalue weighted by Crippen LogP contribution is 2.45. The molecule has 0 bridgehead atoms. The Morgan fingerprint density at radius 1 is 1.27 bits per heavy atom. The fraction of sp³-hybridized carbons (Fsp3) is 0.607. The maximum atomic E-state index is 14.2. The van der Waals surface area contributed by atoms with Crippen LogP contribution in [-0.4, -0.2) is 47.2 Å². The number of aromatic amines is 1. The normalized spacial score (nSPS) is 19.7. The zero-order valence-electron chi connectivity index (χ0n) is 22.9. The topological polar surface area (TPSA) is 69.6 Å². The van der Waals surface area contributed by atoms with Gasteiger partial charge in [-0.2, -0.15) is 13.2 Å². The van der Waals surface area contributed by atoms with E-state index in [1.165, 1.54) is 6.34 Å². The predicted molar refractivity (Wildman–Crippen MR) is 146 cm³/mol. The first-order chi connectivity index (χ1) is 17.1. The molecule has 208 valence electrons. The van der Waals surface area contributed by atoms with Crippen LogP contribution in [0.5, 0.6) is 0 Å². The second-order valence-corrected chi connectivity index (χ2v) is 11.8. The van der Waals surface area contributed by atoms with Crippen LogP contribution in [-0.2, 0) is 11.2 Å². The molecular weight excluding hydrogens is 503 g/mol. The molecule has 1 aromatic heterocycles. The van der Waals surface area contributed by atoms with E-state index in [2.05, 4.69) is 36.1 Å². The van der Waals surface area contributed by atoms with Crippen LogP contribution < -0.4 is 5.32 Å². The number of aliphatic imine (C=N–C) groups is 1. The molecule has 2 heterocycles. The molecule has 0 saturated carbocycles. The molecule has 2 aliphatic rings. The van der Waals surface area contributed by atoms with Gasteiger partial charge < -0.3 is 20.1 Å². The summed E-state index contributed by atoms with van der Waals surface area (Å²) < 4.78 is 48.3. The van der Waals surface area contributed by atoms with Crippen molar-refractivity contribution in [1.82, 2.24) is 4.98 Å². The Hall–Kier alpha value is -2.19. The number of nitrogens with one attached hydrogen (secondary N) is 2. The van der Waals surface area contributed by atoms with Gasteiger partial charge in [-0.25, -0.2) is 0 Å². The van der Waals surface area contributed by atoms with Gasteiger partial charge in [0.05, 0.1) is 24.0 Å². The first-order valence-corrected chi connectivity index (χ1v) is 13.0. The summed E-state index contributed by atoms with van der Waals surface area (Å²) in [4.78, 5) is 6.77. The number of alkyl halides is 4. The standard InChI is InChI=1S/C24H31ClF3N3O2.C4H10/c1-15-20(30-14-29-4)10-19(31-15)12-23(32,24(26,27)28)13-22(2,3)11-17-5-6-18(25)9-16-7-8-33-21(16)17;1-4(2)3/h5-6,9-10,14,18,31-32H,7-8,11-13H2,1-4H3,(H,29,30);4H,1-3H3. The molecule has 2 atom stereocenters. The Labute approximate surface area is 223 Å². The molecule has 1 aliphatic carbocycles. The average Bonchev–Trinajstić information content (AvgIpc) is 3.30. The minimum absolute atomic E-state index is 0.291. The molecule has 1 aliphatic heterocycles. The molecule has 1 fully saturated rings. The van der Waals surface area contributed by atoms with Gasteiger partial charge in [0.2, 0.25) is 0 Å². The van der Waals surface area contributed by atoms with Gasteiger partial charge in [0.15, 0.2) is 5.60 Å². The van der Waals surface area contributed by atoms with Crippen molar-refractivity contribution in [1.29, 1.82) is 0 Å². The molecule has 2 unspecified atom stereocenters. The third-order valence-corrected chi connectivity index (χ3v) is 6.18. The lowest BCUT2D eigenvalue weighted by Crippen LogP contribution is -2.50. The van der Waals surface area contributed by atoms with Crippen LogP contribution in [0, 0.1) is 18.3 Å². The Balaban J connectivity index is 0.00000112. The number of aromatic nitrogens is 1. The summed E-state index contributed by atoms with van der Waals surface area (Å²) in [5.41, 5.74) is -0.431. The number of hydrogen-bond donors (Lipinski definition) is 3. The quantitative estimate of drug-likeness (QED) is 0.181. The molecule has 0 amide bonds. The minimum atomic E-state index is -4.81. The van der Waals surface area contributed by atoms with Gasteiger partial charge in [0.1, 0.15) is 5.76 Å². The van der Waals surface area contributed by atoms with Crippen molar-refractivity contribution in [2.45, 2.75) is 84.4 Å². The Morgan fingerprint density at radius 3 is 2.51 bits per heavy atom. The van der Waals surface area contributed by atoms with Gasteiger partial charge in [0.25, 0.3) is 0 Å². The molecule has 37 heavy (non-hydrogen) atoms. The molecule has 0 spiro atoms. The smallest absolute Gasteiger partial charge is 0.417 e. The van der Waals surface area contributed by atoms with Crippen LogP contribution >= 0.6 is 11.6 Å². The third-order valence-electron chi connectivity index (χ3n) is 5.91. The van der Waals surface area contributed by atoms with E-state index >= 15 is 0 Å². The second-order valence-electron chi connectivity index (χ2n) is 11.3. The number of ether oxygens (including phenoxy) is 1. The van der Waals surface area contributed by atoms with Crippen LogP contribution in [0.4, 0.5) is 18.9 Å². The first kappa shape index (κ1) is 31.0. The number of aryl methyl sites for hydroxylation is 1. The van der Waals surface area contributed by atoms with E-state index in [1.807, 2.05) is 12.2 Å².